The maximum atomic E-state index is 6.25. The summed E-state index contributed by atoms with van der Waals surface area (Å²) in [6.45, 7) is 1.04. The van der Waals surface area contributed by atoms with Crippen molar-refractivity contribution in [2.75, 3.05) is 13.6 Å². The number of aryl methyl sites for hydroxylation is 1. The van der Waals surface area contributed by atoms with Crippen molar-refractivity contribution in [2.24, 2.45) is 5.92 Å². The second kappa shape index (κ2) is 7.68. The first-order valence-corrected chi connectivity index (χ1v) is 8.00. The van der Waals surface area contributed by atoms with Crippen molar-refractivity contribution in [1.29, 1.82) is 0 Å². The molecule has 1 atom stereocenters. The Kier molecular flexibility index (Phi) is 5.90. The van der Waals surface area contributed by atoms with Gasteiger partial charge in [-0.2, -0.15) is 11.3 Å². The maximum absolute atomic E-state index is 6.25. The quantitative estimate of drug-likeness (QED) is 0.797. The first-order valence-electron chi connectivity index (χ1n) is 6.68. The number of thiophene rings is 1. The van der Waals surface area contributed by atoms with Crippen LogP contribution in [0.1, 0.15) is 17.5 Å². The third-order valence-electron chi connectivity index (χ3n) is 3.38. The van der Waals surface area contributed by atoms with Crippen molar-refractivity contribution in [3.05, 3.63) is 57.2 Å². The molecule has 0 fully saturated rings. The lowest BCUT2D eigenvalue weighted by molar-refractivity contribution is 0.461. The highest BCUT2D eigenvalue weighted by Gasteiger charge is 2.11. The Bertz CT molecular complexity index is 481. The van der Waals surface area contributed by atoms with E-state index in [4.69, 9.17) is 11.6 Å². The Morgan fingerprint density at radius 3 is 2.79 bits per heavy atom. The van der Waals surface area contributed by atoms with Gasteiger partial charge in [0.1, 0.15) is 0 Å². The van der Waals surface area contributed by atoms with Crippen LogP contribution in [0.4, 0.5) is 0 Å². The summed E-state index contributed by atoms with van der Waals surface area (Å²) in [6.07, 6.45) is 3.40. The van der Waals surface area contributed by atoms with Crippen molar-refractivity contribution in [3.8, 4) is 0 Å². The highest BCUT2D eigenvalue weighted by molar-refractivity contribution is 7.07. The maximum Gasteiger partial charge on any atom is 0.0438 e. The Hall–Kier alpha value is -0.830. The van der Waals surface area contributed by atoms with Crippen LogP contribution in [0.3, 0.4) is 0 Å². The number of hydrogen-bond acceptors (Lipinski definition) is 2. The van der Waals surface area contributed by atoms with Crippen LogP contribution < -0.4 is 5.32 Å². The summed E-state index contributed by atoms with van der Waals surface area (Å²) in [6, 6.07) is 10.4. The molecule has 0 amide bonds. The van der Waals surface area contributed by atoms with E-state index >= 15 is 0 Å². The van der Waals surface area contributed by atoms with Crippen LogP contribution in [0, 0.1) is 5.92 Å². The molecule has 0 saturated carbocycles. The molecule has 1 nitrogen and oxygen atoms in total. The third-order valence-corrected chi connectivity index (χ3v) is 4.48. The SMILES string of the molecule is CNCC(CCc1ccsc1)Cc1ccccc1Cl. The predicted octanol–water partition coefficient (Wildman–Crippen LogP) is 4.41. The zero-order valence-corrected chi connectivity index (χ0v) is 12.8. The van der Waals surface area contributed by atoms with Crippen molar-refractivity contribution in [3.63, 3.8) is 0 Å². The van der Waals surface area contributed by atoms with E-state index in [-0.39, 0.29) is 0 Å². The molecule has 3 heteroatoms. The van der Waals surface area contributed by atoms with Crippen LogP contribution in [-0.4, -0.2) is 13.6 Å². The van der Waals surface area contributed by atoms with Gasteiger partial charge in [-0.1, -0.05) is 29.8 Å². The Labute approximate surface area is 124 Å². The van der Waals surface area contributed by atoms with Gasteiger partial charge in [0.25, 0.3) is 0 Å². The zero-order chi connectivity index (χ0) is 13.5. The minimum Gasteiger partial charge on any atom is -0.319 e. The van der Waals surface area contributed by atoms with Gasteiger partial charge >= 0.3 is 0 Å². The van der Waals surface area contributed by atoms with Crippen molar-refractivity contribution in [1.82, 2.24) is 5.32 Å². The molecular weight excluding hydrogens is 274 g/mol. The van der Waals surface area contributed by atoms with Crippen LogP contribution in [0.25, 0.3) is 0 Å². The second-order valence-electron chi connectivity index (χ2n) is 4.89. The predicted molar refractivity (Wildman–Crippen MR) is 85.2 cm³/mol. The number of benzene rings is 1. The summed E-state index contributed by atoms with van der Waals surface area (Å²) in [7, 11) is 2.02. The van der Waals surface area contributed by atoms with E-state index in [0.29, 0.717) is 5.92 Å². The summed E-state index contributed by atoms with van der Waals surface area (Å²) in [5.41, 5.74) is 2.71. The standard InChI is InChI=1S/C16H20ClNS/c1-18-11-14(7-6-13-8-9-19-12-13)10-15-4-2-3-5-16(15)17/h2-5,8-9,12,14,18H,6-7,10-11H2,1H3. The van der Waals surface area contributed by atoms with Crippen LogP contribution in [0.15, 0.2) is 41.1 Å². The van der Waals surface area contributed by atoms with Crippen LogP contribution in [0.2, 0.25) is 5.02 Å². The average molecular weight is 294 g/mol. The van der Waals surface area contributed by atoms with Crippen molar-refractivity contribution < 1.29 is 0 Å². The lowest BCUT2D eigenvalue weighted by Gasteiger charge is -2.17. The summed E-state index contributed by atoms with van der Waals surface area (Å²) >= 11 is 8.02. The normalized spacial score (nSPS) is 12.5. The molecule has 19 heavy (non-hydrogen) atoms. The molecule has 2 rings (SSSR count). The van der Waals surface area contributed by atoms with Gasteiger partial charge in [0.05, 0.1) is 0 Å². The van der Waals surface area contributed by atoms with Crippen molar-refractivity contribution >= 4 is 22.9 Å². The smallest absolute Gasteiger partial charge is 0.0438 e. The topological polar surface area (TPSA) is 12.0 Å². The molecule has 2 aromatic rings. The fourth-order valence-electron chi connectivity index (χ4n) is 2.35. The summed E-state index contributed by atoms with van der Waals surface area (Å²) in [5, 5.41) is 8.58. The van der Waals surface area contributed by atoms with E-state index in [0.717, 1.165) is 24.4 Å². The fourth-order valence-corrected chi connectivity index (χ4v) is 3.26. The van der Waals surface area contributed by atoms with Gasteiger partial charge in [0.2, 0.25) is 0 Å². The minimum atomic E-state index is 0.629. The van der Waals surface area contributed by atoms with Gasteiger partial charge in [-0.05, 0) is 72.8 Å². The van der Waals surface area contributed by atoms with Gasteiger partial charge < -0.3 is 5.32 Å². The van der Waals surface area contributed by atoms with Gasteiger partial charge in [0, 0.05) is 5.02 Å². The van der Waals surface area contributed by atoms with Gasteiger partial charge in [-0.3, -0.25) is 0 Å². The van der Waals surface area contributed by atoms with E-state index in [1.54, 1.807) is 11.3 Å². The molecule has 0 aliphatic carbocycles. The minimum absolute atomic E-state index is 0.629. The molecule has 0 aliphatic rings. The molecule has 102 valence electrons. The van der Waals surface area contributed by atoms with Crippen molar-refractivity contribution in [2.45, 2.75) is 19.3 Å². The summed E-state index contributed by atoms with van der Waals surface area (Å²) < 4.78 is 0. The number of hydrogen-bond donors (Lipinski definition) is 1. The average Bonchev–Trinajstić information content (AvgIpc) is 2.92. The van der Waals surface area contributed by atoms with E-state index in [9.17, 15) is 0 Å². The first-order chi connectivity index (χ1) is 9.29. The number of nitrogens with one attached hydrogen (secondary N) is 1. The van der Waals surface area contributed by atoms with Crippen LogP contribution in [0.5, 0.6) is 0 Å². The van der Waals surface area contributed by atoms with E-state index in [1.165, 1.54) is 17.5 Å². The highest BCUT2D eigenvalue weighted by atomic mass is 35.5. The molecule has 1 N–H and O–H groups in total. The van der Waals surface area contributed by atoms with Gasteiger partial charge in [-0.15, -0.1) is 0 Å². The number of rotatable bonds is 7. The Balaban J connectivity index is 1.94. The van der Waals surface area contributed by atoms with Crippen LogP contribution >= 0.6 is 22.9 Å². The Morgan fingerprint density at radius 2 is 2.11 bits per heavy atom. The molecule has 0 radical (unpaired) electrons. The second-order valence-corrected chi connectivity index (χ2v) is 6.08. The fraction of sp³-hybridized carbons (Fsp3) is 0.375. The lowest BCUT2D eigenvalue weighted by atomic mass is 9.93. The molecule has 0 aliphatic heterocycles. The molecular formula is C16H20ClNS. The summed E-state index contributed by atoms with van der Waals surface area (Å²) in [5.74, 6) is 0.629. The molecule has 1 heterocycles. The van der Waals surface area contributed by atoms with E-state index in [1.807, 2.05) is 19.2 Å². The third kappa shape index (κ3) is 4.64. The molecule has 1 aromatic heterocycles. The van der Waals surface area contributed by atoms with Gasteiger partial charge in [-0.25, -0.2) is 0 Å². The molecule has 1 aromatic carbocycles. The molecule has 0 spiro atoms. The van der Waals surface area contributed by atoms with Gasteiger partial charge in [0.15, 0.2) is 0 Å². The molecule has 0 bridgehead atoms. The monoisotopic (exact) mass is 293 g/mol. The summed E-state index contributed by atoms with van der Waals surface area (Å²) in [4.78, 5) is 0. The Morgan fingerprint density at radius 1 is 1.26 bits per heavy atom. The van der Waals surface area contributed by atoms with E-state index in [2.05, 4.69) is 34.3 Å². The van der Waals surface area contributed by atoms with Crippen LogP contribution in [-0.2, 0) is 12.8 Å². The lowest BCUT2D eigenvalue weighted by Crippen LogP contribution is -2.21. The molecule has 1 unspecified atom stereocenters. The number of halogens is 1. The first kappa shape index (κ1) is 14.6. The zero-order valence-electron chi connectivity index (χ0n) is 11.2. The van der Waals surface area contributed by atoms with E-state index < -0.39 is 0 Å². The molecule has 0 saturated heterocycles. The largest absolute Gasteiger partial charge is 0.319 e. The highest BCUT2D eigenvalue weighted by Crippen LogP contribution is 2.21.